The number of hydrogen-bond acceptors (Lipinski definition) is 6. The molecular formula is C15H17ClFN5O. The van der Waals surface area contributed by atoms with Crippen LogP contribution in [0.2, 0.25) is 5.02 Å². The van der Waals surface area contributed by atoms with Gasteiger partial charge in [0.2, 0.25) is 0 Å². The molecule has 0 bridgehead atoms. The van der Waals surface area contributed by atoms with E-state index in [1.165, 1.54) is 18.5 Å². The Morgan fingerprint density at radius 1 is 1.35 bits per heavy atom. The number of nitrogens with one attached hydrogen (secondary N) is 2. The van der Waals surface area contributed by atoms with Crippen LogP contribution < -0.4 is 16.4 Å². The zero-order valence-electron chi connectivity index (χ0n) is 12.4. The van der Waals surface area contributed by atoms with Crippen LogP contribution in [0, 0.1) is 5.82 Å². The minimum absolute atomic E-state index is 0.0272. The topological polar surface area (TPSA) is 85.1 Å². The van der Waals surface area contributed by atoms with Crippen molar-refractivity contribution in [3.8, 4) is 0 Å². The molecule has 1 saturated heterocycles. The molecule has 6 nitrogen and oxygen atoms in total. The molecule has 8 heteroatoms. The number of nitrogen functional groups attached to an aromatic ring is 1. The zero-order valence-corrected chi connectivity index (χ0v) is 13.1. The standard InChI is InChI=1S/C15H17ClFN5O/c16-11-6-9(3-4-12(11)17)22-15-13(18)14(20-8-21-15)19-7-10-2-1-5-23-10/h3-4,6,8,10H,1-2,5,7,18H2,(H2,19,20,21,22). The maximum absolute atomic E-state index is 13.2. The SMILES string of the molecule is Nc1c(NCC2CCCO2)ncnc1Nc1ccc(F)c(Cl)c1. The van der Waals surface area contributed by atoms with Crippen LogP contribution in [0.5, 0.6) is 0 Å². The second kappa shape index (κ2) is 6.97. The van der Waals surface area contributed by atoms with Crippen molar-refractivity contribution in [2.75, 3.05) is 29.5 Å². The van der Waals surface area contributed by atoms with E-state index in [1.807, 2.05) is 0 Å². The van der Waals surface area contributed by atoms with Gasteiger partial charge in [0, 0.05) is 18.8 Å². The fourth-order valence-electron chi connectivity index (χ4n) is 2.36. The maximum atomic E-state index is 13.2. The largest absolute Gasteiger partial charge is 0.393 e. The molecule has 122 valence electrons. The lowest BCUT2D eigenvalue weighted by Gasteiger charge is -2.15. The first-order valence-electron chi connectivity index (χ1n) is 7.31. The van der Waals surface area contributed by atoms with Gasteiger partial charge in [-0.05, 0) is 31.0 Å². The van der Waals surface area contributed by atoms with Crippen LogP contribution in [0.3, 0.4) is 0 Å². The highest BCUT2D eigenvalue weighted by molar-refractivity contribution is 6.31. The van der Waals surface area contributed by atoms with Crippen molar-refractivity contribution in [3.05, 3.63) is 35.4 Å². The third kappa shape index (κ3) is 3.80. The van der Waals surface area contributed by atoms with Crippen LogP contribution >= 0.6 is 11.6 Å². The smallest absolute Gasteiger partial charge is 0.159 e. The van der Waals surface area contributed by atoms with E-state index < -0.39 is 5.82 Å². The first-order valence-corrected chi connectivity index (χ1v) is 7.69. The van der Waals surface area contributed by atoms with E-state index in [2.05, 4.69) is 20.6 Å². The monoisotopic (exact) mass is 337 g/mol. The van der Waals surface area contributed by atoms with Gasteiger partial charge in [-0.25, -0.2) is 14.4 Å². The molecule has 3 rings (SSSR count). The first kappa shape index (κ1) is 15.8. The minimum atomic E-state index is -0.480. The molecule has 0 saturated carbocycles. The van der Waals surface area contributed by atoms with Gasteiger partial charge in [0.25, 0.3) is 0 Å². The predicted octanol–water partition coefficient (Wildman–Crippen LogP) is 3.19. The van der Waals surface area contributed by atoms with Crippen LogP contribution in [0.4, 0.5) is 27.4 Å². The van der Waals surface area contributed by atoms with Gasteiger partial charge in [-0.1, -0.05) is 11.6 Å². The first-order chi connectivity index (χ1) is 11.1. The van der Waals surface area contributed by atoms with Crippen LogP contribution in [0.1, 0.15) is 12.8 Å². The molecule has 1 aromatic carbocycles. The van der Waals surface area contributed by atoms with Gasteiger partial charge in [-0.15, -0.1) is 0 Å². The number of rotatable bonds is 5. The summed E-state index contributed by atoms with van der Waals surface area (Å²) in [5.74, 6) is 0.482. The molecule has 1 aromatic heterocycles. The number of halogens is 2. The van der Waals surface area contributed by atoms with E-state index in [9.17, 15) is 4.39 Å². The predicted molar refractivity (Wildman–Crippen MR) is 88.6 cm³/mol. The second-order valence-electron chi connectivity index (χ2n) is 5.25. The van der Waals surface area contributed by atoms with E-state index in [-0.39, 0.29) is 11.1 Å². The number of nitrogens with two attached hydrogens (primary N) is 1. The summed E-state index contributed by atoms with van der Waals surface area (Å²) in [5, 5.41) is 6.21. The van der Waals surface area contributed by atoms with E-state index >= 15 is 0 Å². The van der Waals surface area contributed by atoms with E-state index in [1.54, 1.807) is 6.07 Å². The Morgan fingerprint density at radius 2 is 2.17 bits per heavy atom. The van der Waals surface area contributed by atoms with Crippen LogP contribution in [-0.4, -0.2) is 29.2 Å². The Kier molecular flexibility index (Phi) is 4.78. The third-order valence-electron chi connectivity index (χ3n) is 3.59. The Bertz CT molecular complexity index is 694. The molecule has 4 N–H and O–H groups in total. The summed E-state index contributed by atoms with van der Waals surface area (Å²) < 4.78 is 18.7. The normalized spacial score (nSPS) is 17.2. The lowest BCUT2D eigenvalue weighted by molar-refractivity contribution is 0.120. The van der Waals surface area contributed by atoms with Crippen molar-refractivity contribution in [2.45, 2.75) is 18.9 Å². The second-order valence-corrected chi connectivity index (χ2v) is 5.66. The number of anilines is 4. The van der Waals surface area contributed by atoms with Gasteiger partial charge in [-0.2, -0.15) is 0 Å². The summed E-state index contributed by atoms with van der Waals surface area (Å²) in [5.41, 5.74) is 7.06. The lowest BCUT2D eigenvalue weighted by Crippen LogP contribution is -2.20. The molecule has 0 radical (unpaired) electrons. The summed E-state index contributed by atoms with van der Waals surface area (Å²) in [6.07, 6.45) is 3.68. The molecule has 0 aliphatic carbocycles. The van der Waals surface area contributed by atoms with Crippen LogP contribution in [0.15, 0.2) is 24.5 Å². The Balaban J connectivity index is 1.71. The average molecular weight is 338 g/mol. The Morgan fingerprint density at radius 3 is 2.91 bits per heavy atom. The van der Waals surface area contributed by atoms with Crippen molar-refractivity contribution in [3.63, 3.8) is 0 Å². The quantitative estimate of drug-likeness (QED) is 0.777. The van der Waals surface area contributed by atoms with Gasteiger partial charge < -0.3 is 21.1 Å². The highest BCUT2D eigenvalue weighted by Crippen LogP contribution is 2.28. The molecule has 1 aliphatic heterocycles. The Hall–Kier alpha value is -2.12. The fourth-order valence-corrected chi connectivity index (χ4v) is 2.54. The summed E-state index contributed by atoms with van der Waals surface area (Å²) in [6.45, 7) is 1.44. The van der Waals surface area contributed by atoms with E-state index in [0.29, 0.717) is 29.6 Å². The molecule has 1 atom stereocenters. The van der Waals surface area contributed by atoms with Gasteiger partial charge in [0.1, 0.15) is 17.8 Å². The molecule has 0 amide bonds. The average Bonchev–Trinajstić information content (AvgIpc) is 3.05. The molecular weight excluding hydrogens is 321 g/mol. The van der Waals surface area contributed by atoms with Gasteiger partial charge in [-0.3, -0.25) is 0 Å². The molecule has 0 spiro atoms. The van der Waals surface area contributed by atoms with Crippen molar-refractivity contribution < 1.29 is 9.13 Å². The summed E-state index contributed by atoms with van der Waals surface area (Å²) in [7, 11) is 0. The lowest BCUT2D eigenvalue weighted by atomic mass is 10.2. The van der Waals surface area contributed by atoms with Crippen LogP contribution in [-0.2, 0) is 4.74 Å². The fraction of sp³-hybridized carbons (Fsp3) is 0.333. The molecule has 1 fully saturated rings. The summed E-state index contributed by atoms with van der Waals surface area (Å²) in [4.78, 5) is 8.26. The molecule has 23 heavy (non-hydrogen) atoms. The Labute approximate surface area is 138 Å². The van der Waals surface area contributed by atoms with Gasteiger partial charge in [0.15, 0.2) is 11.6 Å². The van der Waals surface area contributed by atoms with E-state index in [4.69, 9.17) is 22.1 Å². The molecule has 1 aliphatic rings. The van der Waals surface area contributed by atoms with Crippen molar-refractivity contribution in [1.29, 1.82) is 0 Å². The number of benzene rings is 1. The minimum Gasteiger partial charge on any atom is -0.393 e. The number of hydrogen-bond donors (Lipinski definition) is 3. The van der Waals surface area contributed by atoms with Crippen molar-refractivity contribution in [2.24, 2.45) is 0 Å². The number of aromatic nitrogens is 2. The molecule has 2 aromatic rings. The third-order valence-corrected chi connectivity index (χ3v) is 3.88. The summed E-state index contributed by atoms with van der Waals surface area (Å²) in [6, 6.07) is 4.30. The van der Waals surface area contributed by atoms with Gasteiger partial charge in [0.05, 0.1) is 11.1 Å². The zero-order chi connectivity index (χ0) is 16.2. The number of nitrogens with zero attached hydrogens (tertiary/aromatic N) is 2. The maximum Gasteiger partial charge on any atom is 0.159 e. The highest BCUT2D eigenvalue weighted by atomic mass is 35.5. The molecule has 1 unspecified atom stereocenters. The van der Waals surface area contributed by atoms with Gasteiger partial charge >= 0.3 is 0 Å². The highest BCUT2D eigenvalue weighted by Gasteiger charge is 2.16. The van der Waals surface area contributed by atoms with Crippen molar-refractivity contribution in [1.82, 2.24) is 9.97 Å². The summed E-state index contributed by atoms with van der Waals surface area (Å²) >= 11 is 5.77. The van der Waals surface area contributed by atoms with Crippen LogP contribution in [0.25, 0.3) is 0 Å². The number of ether oxygens (including phenoxy) is 1. The molecule has 2 heterocycles. The van der Waals surface area contributed by atoms with Crippen molar-refractivity contribution >= 4 is 34.6 Å². The van der Waals surface area contributed by atoms with E-state index in [0.717, 1.165) is 19.4 Å².